The summed E-state index contributed by atoms with van der Waals surface area (Å²) < 4.78 is 11.1. The number of piperidine rings is 1. The van der Waals surface area contributed by atoms with Gasteiger partial charge in [0.2, 0.25) is 5.91 Å². The number of amides is 1. The van der Waals surface area contributed by atoms with E-state index in [4.69, 9.17) is 9.47 Å². The predicted molar refractivity (Wildman–Crippen MR) is 95.6 cm³/mol. The SMILES string of the molecule is COCC1(C(=O)O)CCCN(C(=O)C2CCCOC2c2ccccc2)C1. The first-order valence-electron chi connectivity index (χ1n) is 9.25. The Labute approximate surface area is 154 Å². The van der Waals surface area contributed by atoms with Crippen LogP contribution in [0.2, 0.25) is 0 Å². The highest BCUT2D eigenvalue weighted by atomic mass is 16.5. The van der Waals surface area contributed by atoms with Crippen LogP contribution < -0.4 is 0 Å². The molecule has 142 valence electrons. The van der Waals surface area contributed by atoms with E-state index in [0.29, 0.717) is 26.0 Å². The lowest BCUT2D eigenvalue weighted by molar-refractivity contribution is -0.162. The number of likely N-dealkylation sites (tertiary alicyclic amines) is 1. The number of carbonyl (C=O) groups excluding carboxylic acids is 1. The van der Waals surface area contributed by atoms with Crippen LogP contribution in [0, 0.1) is 11.3 Å². The standard InChI is InChI=1S/C20H27NO5/c1-25-14-20(19(23)24)10-6-11-21(13-20)18(22)16-9-5-12-26-17(16)15-7-3-2-4-8-15/h2-4,7-8,16-17H,5-6,9-14H2,1H3,(H,23,24). The fraction of sp³-hybridized carbons (Fsp3) is 0.600. The molecule has 2 fully saturated rings. The zero-order valence-corrected chi connectivity index (χ0v) is 15.2. The highest BCUT2D eigenvalue weighted by Gasteiger charge is 2.46. The summed E-state index contributed by atoms with van der Waals surface area (Å²) in [5, 5.41) is 9.72. The average Bonchev–Trinajstić information content (AvgIpc) is 2.68. The second-order valence-electron chi connectivity index (χ2n) is 7.33. The normalized spacial score (nSPS) is 29.3. The Balaban J connectivity index is 1.79. The minimum absolute atomic E-state index is 0.0000175. The fourth-order valence-corrected chi connectivity index (χ4v) is 4.19. The number of ether oxygens (including phenoxy) is 2. The lowest BCUT2D eigenvalue weighted by atomic mass is 9.79. The average molecular weight is 361 g/mol. The third-order valence-corrected chi connectivity index (χ3v) is 5.53. The van der Waals surface area contributed by atoms with Crippen molar-refractivity contribution in [3.8, 4) is 0 Å². The molecule has 0 bridgehead atoms. The molecular weight excluding hydrogens is 334 g/mol. The van der Waals surface area contributed by atoms with Crippen LogP contribution in [-0.2, 0) is 19.1 Å². The highest BCUT2D eigenvalue weighted by molar-refractivity contribution is 5.82. The number of carboxylic acids is 1. The van der Waals surface area contributed by atoms with Gasteiger partial charge in [-0.15, -0.1) is 0 Å². The summed E-state index contributed by atoms with van der Waals surface area (Å²) in [6.45, 7) is 1.56. The van der Waals surface area contributed by atoms with Gasteiger partial charge in [0.15, 0.2) is 0 Å². The molecule has 2 saturated heterocycles. The third kappa shape index (κ3) is 3.76. The quantitative estimate of drug-likeness (QED) is 0.872. The Kier molecular flexibility index (Phi) is 5.94. The second kappa shape index (κ2) is 8.18. The van der Waals surface area contributed by atoms with Crippen molar-refractivity contribution in [2.75, 3.05) is 33.4 Å². The van der Waals surface area contributed by atoms with E-state index in [0.717, 1.165) is 18.4 Å². The molecule has 3 atom stereocenters. The zero-order valence-electron chi connectivity index (χ0n) is 15.2. The first kappa shape index (κ1) is 18.9. The van der Waals surface area contributed by atoms with E-state index in [1.165, 1.54) is 7.11 Å². The first-order chi connectivity index (χ1) is 12.6. The topological polar surface area (TPSA) is 76.1 Å². The predicted octanol–water partition coefficient (Wildman–Crippen LogP) is 2.49. The number of nitrogens with zero attached hydrogens (tertiary/aromatic N) is 1. The van der Waals surface area contributed by atoms with Gasteiger partial charge in [-0.05, 0) is 31.2 Å². The van der Waals surface area contributed by atoms with E-state index in [2.05, 4.69) is 0 Å². The Morgan fingerprint density at radius 2 is 2.08 bits per heavy atom. The van der Waals surface area contributed by atoms with E-state index in [9.17, 15) is 14.7 Å². The number of methoxy groups -OCH3 is 1. The summed E-state index contributed by atoms with van der Waals surface area (Å²) in [4.78, 5) is 26.8. The van der Waals surface area contributed by atoms with Crippen molar-refractivity contribution in [2.24, 2.45) is 11.3 Å². The molecule has 0 spiro atoms. The Hall–Kier alpha value is -1.92. The molecule has 1 amide bonds. The minimum Gasteiger partial charge on any atom is -0.481 e. The molecule has 2 aliphatic heterocycles. The van der Waals surface area contributed by atoms with Crippen molar-refractivity contribution in [1.29, 1.82) is 0 Å². The monoisotopic (exact) mass is 361 g/mol. The van der Waals surface area contributed by atoms with Gasteiger partial charge < -0.3 is 19.5 Å². The number of hydrogen-bond acceptors (Lipinski definition) is 4. The van der Waals surface area contributed by atoms with Gasteiger partial charge in [-0.2, -0.15) is 0 Å². The molecular formula is C20H27NO5. The van der Waals surface area contributed by atoms with Gasteiger partial charge >= 0.3 is 5.97 Å². The molecule has 0 saturated carbocycles. The summed E-state index contributed by atoms with van der Waals surface area (Å²) in [5.74, 6) is -1.16. The van der Waals surface area contributed by atoms with Crippen molar-refractivity contribution in [1.82, 2.24) is 4.90 Å². The number of benzene rings is 1. The Bertz CT molecular complexity index is 630. The van der Waals surface area contributed by atoms with Crippen molar-refractivity contribution in [3.05, 3.63) is 35.9 Å². The van der Waals surface area contributed by atoms with Gasteiger partial charge in [-0.3, -0.25) is 9.59 Å². The second-order valence-corrected chi connectivity index (χ2v) is 7.33. The van der Waals surface area contributed by atoms with Gasteiger partial charge in [-0.25, -0.2) is 0 Å². The van der Waals surface area contributed by atoms with Gasteiger partial charge in [-0.1, -0.05) is 30.3 Å². The maximum Gasteiger partial charge on any atom is 0.313 e. The fourth-order valence-electron chi connectivity index (χ4n) is 4.19. The highest BCUT2D eigenvalue weighted by Crippen LogP contribution is 2.37. The summed E-state index contributed by atoms with van der Waals surface area (Å²) in [6, 6.07) is 9.81. The zero-order chi connectivity index (χ0) is 18.6. The third-order valence-electron chi connectivity index (χ3n) is 5.53. The molecule has 0 aliphatic carbocycles. The van der Waals surface area contributed by atoms with E-state index >= 15 is 0 Å². The van der Waals surface area contributed by atoms with Crippen molar-refractivity contribution >= 4 is 11.9 Å². The molecule has 1 N–H and O–H groups in total. The van der Waals surface area contributed by atoms with Crippen LogP contribution in [-0.4, -0.2) is 55.3 Å². The number of hydrogen-bond donors (Lipinski definition) is 1. The molecule has 26 heavy (non-hydrogen) atoms. The molecule has 1 aromatic rings. The van der Waals surface area contributed by atoms with E-state index in [-0.39, 0.29) is 31.1 Å². The number of rotatable bonds is 5. The summed E-state index contributed by atoms with van der Waals surface area (Å²) in [5.41, 5.74) is -0.00981. The molecule has 6 nitrogen and oxygen atoms in total. The number of carbonyl (C=O) groups is 2. The number of aliphatic carboxylic acids is 1. The molecule has 3 rings (SSSR count). The van der Waals surface area contributed by atoms with Gasteiger partial charge in [0.25, 0.3) is 0 Å². The molecule has 0 aromatic heterocycles. The van der Waals surface area contributed by atoms with Crippen LogP contribution in [0.1, 0.15) is 37.4 Å². The number of carboxylic acid groups (broad SMARTS) is 1. The molecule has 2 heterocycles. The molecule has 6 heteroatoms. The van der Waals surface area contributed by atoms with Crippen molar-refractivity contribution in [3.63, 3.8) is 0 Å². The Morgan fingerprint density at radius 1 is 1.31 bits per heavy atom. The van der Waals surface area contributed by atoms with E-state index in [1.807, 2.05) is 30.3 Å². The van der Waals surface area contributed by atoms with E-state index < -0.39 is 11.4 Å². The van der Waals surface area contributed by atoms with E-state index in [1.54, 1.807) is 4.90 Å². The van der Waals surface area contributed by atoms with Crippen LogP contribution in [0.15, 0.2) is 30.3 Å². The summed E-state index contributed by atoms with van der Waals surface area (Å²) in [6.07, 6.45) is 2.55. The Morgan fingerprint density at radius 3 is 2.77 bits per heavy atom. The summed E-state index contributed by atoms with van der Waals surface area (Å²) >= 11 is 0. The molecule has 0 radical (unpaired) electrons. The van der Waals surface area contributed by atoms with Crippen molar-refractivity contribution < 1.29 is 24.2 Å². The minimum atomic E-state index is -1.01. The first-order valence-corrected chi connectivity index (χ1v) is 9.25. The van der Waals surface area contributed by atoms with Crippen LogP contribution in [0.25, 0.3) is 0 Å². The largest absolute Gasteiger partial charge is 0.481 e. The van der Waals surface area contributed by atoms with Crippen LogP contribution in [0.4, 0.5) is 0 Å². The van der Waals surface area contributed by atoms with Crippen LogP contribution in [0.5, 0.6) is 0 Å². The lowest BCUT2D eigenvalue weighted by Gasteiger charge is -2.42. The van der Waals surface area contributed by atoms with Gasteiger partial charge in [0, 0.05) is 26.8 Å². The van der Waals surface area contributed by atoms with Gasteiger partial charge in [0.05, 0.1) is 18.6 Å². The van der Waals surface area contributed by atoms with Crippen LogP contribution >= 0.6 is 0 Å². The molecule has 2 aliphatic rings. The smallest absolute Gasteiger partial charge is 0.313 e. The maximum atomic E-state index is 13.3. The molecule has 1 aromatic carbocycles. The van der Waals surface area contributed by atoms with Crippen molar-refractivity contribution in [2.45, 2.75) is 31.8 Å². The lowest BCUT2D eigenvalue weighted by Crippen LogP contribution is -2.54. The maximum absolute atomic E-state index is 13.3. The van der Waals surface area contributed by atoms with Crippen LogP contribution in [0.3, 0.4) is 0 Å². The van der Waals surface area contributed by atoms with Gasteiger partial charge in [0.1, 0.15) is 5.41 Å². The summed E-state index contributed by atoms with van der Waals surface area (Å²) in [7, 11) is 1.51. The molecule has 3 unspecified atom stereocenters.